The average Bonchev–Trinajstić information content (AvgIpc) is 3.25. The predicted molar refractivity (Wildman–Crippen MR) is 116 cm³/mol. The Balaban J connectivity index is 1.71. The molecule has 3 aromatic rings. The molecular weight excluding hydrogens is 380 g/mol. The van der Waals surface area contributed by atoms with E-state index in [9.17, 15) is 9.59 Å². The smallest absolute Gasteiger partial charge is 0.274 e. The molecule has 2 amide bonds. The molecule has 0 saturated carbocycles. The van der Waals surface area contributed by atoms with E-state index in [1.54, 1.807) is 24.1 Å². The number of hydrogen-bond donors (Lipinski definition) is 1. The van der Waals surface area contributed by atoms with Crippen LogP contribution in [0.15, 0.2) is 60.8 Å². The summed E-state index contributed by atoms with van der Waals surface area (Å²) >= 11 is 0. The first kappa shape index (κ1) is 21.1. The fourth-order valence-corrected chi connectivity index (χ4v) is 3.08. The van der Waals surface area contributed by atoms with Gasteiger partial charge in [0, 0.05) is 18.4 Å². The van der Waals surface area contributed by atoms with Gasteiger partial charge in [-0.1, -0.05) is 25.1 Å². The number of amides is 2. The van der Waals surface area contributed by atoms with E-state index in [1.165, 1.54) is 4.90 Å². The summed E-state index contributed by atoms with van der Waals surface area (Å²) in [6.07, 6.45) is 2.47. The number of nitrogens with zero attached hydrogens (tertiary/aromatic N) is 3. The number of carbonyl (C=O) groups is 2. The van der Waals surface area contributed by atoms with E-state index >= 15 is 0 Å². The molecule has 0 fully saturated rings. The second-order valence-electron chi connectivity index (χ2n) is 6.93. The molecule has 0 unspecified atom stereocenters. The first-order valence-corrected chi connectivity index (χ1v) is 9.86. The molecule has 0 radical (unpaired) electrons. The number of benzene rings is 2. The predicted octanol–water partition coefficient (Wildman–Crippen LogP) is 3.68. The number of ether oxygens (including phenoxy) is 1. The number of para-hydroxylation sites is 1. The third-order valence-electron chi connectivity index (χ3n) is 4.68. The van der Waals surface area contributed by atoms with Crippen LogP contribution < -0.4 is 10.1 Å². The van der Waals surface area contributed by atoms with Gasteiger partial charge in [0.2, 0.25) is 5.91 Å². The number of anilines is 1. The summed E-state index contributed by atoms with van der Waals surface area (Å²) in [7, 11) is 1.61. The molecule has 0 bridgehead atoms. The number of nitrogens with one attached hydrogen (secondary N) is 1. The first-order chi connectivity index (χ1) is 14.5. The van der Waals surface area contributed by atoms with Gasteiger partial charge in [-0.3, -0.25) is 9.59 Å². The van der Waals surface area contributed by atoms with Crippen molar-refractivity contribution in [1.82, 2.24) is 14.7 Å². The zero-order valence-corrected chi connectivity index (χ0v) is 17.5. The van der Waals surface area contributed by atoms with Crippen molar-refractivity contribution in [3.63, 3.8) is 0 Å². The van der Waals surface area contributed by atoms with Crippen molar-refractivity contribution >= 4 is 17.5 Å². The highest BCUT2D eigenvalue weighted by molar-refractivity contribution is 5.98. The fourth-order valence-electron chi connectivity index (χ4n) is 3.08. The second kappa shape index (κ2) is 9.73. The Labute approximate surface area is 176 Å². The Morgan fingerprint density at radius 3 is 2.50 bits per heavy atom. The molecule has 1 N–H and O–H groups in total. The largest absolute Gasteiger partial charge is 0.497 e. The highest BCUT2D eigenvalue weighted by Gasteiger charge is 2.21. The van der Waals surface area contributed by atoms with Crippen LogP contribution in [-0.4, -0.2) is 46.7 Å². The van der Waals surface area contributed by atoms with Crippen molar-refractivity contribution in [3.05, 3.63) is 72.1 Å². The Hall–Kier alpha value is -3.61. The fraction of sp³-hybridized carbons (Fsp3) is 0.261. The quantitative estimate of drug-likeness (QED) is 0.619. The molecule has 0 atom stereocenters. The molecule has 156 valence electrons. The lowest BCUT2D eigenvalue weighted by atomic mass is 10.2. The van der Waals surface area contributed by atoms with Crippen LogP contribution in [0, 0.1) is 6.92 Å². The summed E-state index contributed by atoms with van der Waals surface area (Å²) in [5.41, 5.74) is 2.82. The molecule has 3 rings (SSSR count). The van der Waals surface area contributed by atoms with Gasteiger partial charge < -0.3 is 15.0 Å². The molecule has 0 aliphatic carbocycles. The Kier molecular flexibility index (Phi) is 6.85. The number of methoxy groups -OCH3 is 1. The van der Waals surface area contributed by atoms with Gasteiger partial charge in [-0.2, -0.15) is 5.10 Å². The van der Waals surface area contributed by atoms with Crippen molar-refractivity contribution in [1.29, 1.82) is 0 Å². The molecule has 0 spiro atoms. The second-order valence-corrected chi connectivity index (χ2v) is 6.93. The average molecular weight is 406 g/mol. The summed E-state index contributed by atoms with van der Waals surface area (Å²) in [6.45, 7) is 4.33. The van der Waals surface area contributed by atoms with Gasteiger partial charge in [0.05, 0.1) is 12.8 Å². The summed E-state index contributed by atoms with van der Waals surface area (Å²) in [5.74, 6) is 0.237. The molecule has 0 aliphatic rings. The monoisotopic (exact) mass is 406 g/mol. The lowest BCUT2D eigenvalue weighted by Crippen LogP contribution is -2.38. The van der Waals surface area contributed by atoms with Crippen molar-refractivity contribution in [2.24, 2.45) is 0 Å². The lowest BCUT2D eigenvalue weighted by molar-refractivity contribution is -0.116. The van der Waals surface area contributed by atoms with Crippen LogP contribution in [0.3, 0.4) is 0 Å². The van der Waals surface area contributed by atoms with Crippen LogP contribution in [0.5, 0.6) is 5.75 Å². The van der Waals surface area contributed by atoms with E-state index < -0.39 is 0 Å². The van der Waals surface area contributed by atoms with E-state index in [4.69, 9.17) is 4.74 Å². The summed E-state index contributed by atoms with van der Waals surface area (Å²) in [5, 5.41) is 7.27. The normalized spacial score (nSPS) is 10.5. The molecule has 1 aromatic heterocycles. The standard InChI is InChI=1S/C23H26N4O3/c1-4-14-26(16-22(28)24-20-8-6-5-7-17(20)2)23(29)21-13-15-27(25-21)18-9-11-19(30-3)12-10-18/h5-13,15H,4,14,16H2,1-3H3,(H,24,28). The van der Waals surface area contributed by atoms with Crippen molar-refractivity contribution < 1.29 is 14.3 Å². The van der Waals surface area contributed by atoms with Gasteiger partial charge in [0.25, 0.3) is 5.91 Å². The molecule has 0 saturated heterocycles. The van der Waals surface area contributed by atoms with E-state index in [1.807, 2.05) is 62.4 Å². The van der Waals surface area contributed by atoms with Crippen LogP contribution in [0.1, 0.15) is 29.4 Å². The van der Waals surface area contributed by atoms with Gasteiger partial charge in [0.1, 0.15) is 12.3 Å². The highest BCUT2D eigenvalue weighted by atomic mass is 16.5. The lowest BCUT2D eigenvalue weighted by Gasteiger charge is -2.21. The molecule has 7 heteroatoms. The Morgan fingerprint density at radius 1 is 1.10 bits per heavy atom. The minimum absolute atomic E-state index is 0.0313. The Morgan fingerprint density at radius 2 is 1.83 bits per heavy atom. The number of aryl methyl sites for hydroxylation is 1. The SMILES string of the molecule is CCCN(CC(=O)Nc1ccccc1C)C(=O)c1ccn(-c2ccc(OC)cc2)n1. The third-order valence-corrected chi connectivity index (χ3v) is 4.68. The van der Waals surface area contributed by atoms with E-state index in [0.717, 1.165) is 29.1 Å². The van der Waals surface area contributed by atoms with Gasteiger partial charge in [-0.05, 0) is 55.3 Å². The number of hydrogen-bond acceptors (Lipinski definition) is 4. The summed E-state index contributed by atoms with van der Waals surface area (Å²) in [4.78, 5) is 27.0. The maximum Gasteiger partial charge on any atom is 0.274 e. The molecule has 7 nitrogen and oxygen atoms in total. The van der Waals surface area contributed by atoms with Gasteiger partial charge in [-0.15, -0.1) is 0 Å². The van der Waals surface area contributed by atoms with Crippen LogP contribution in [-0.2, 0) is 4.79 Å². The van der Waals surface area contributed by atoms with Crippen LogP contribution in [0.25, 0.3) is 5.69 Å². The third kappa shape index (κ3) is 5.05. The molecule has 2 aromatic carbocycles. The molecule has 1 heterocycles. The zero-order chi connectivity index (χ0) is 21.5. The van der Waals surface area contributed by atoms with E-state index in [0.29, 0.717) is 12.2 Å². The minimum atomic E-state index is -0.274. The minimum Gasteiger partial charge on any atom is -0.497 e. The molecule has 0 aliphatic heterocycles. The van der Waals surface area contributed by atoms with Crippen LogP contribution in [0.2, 0.25) is 0 Å². The van der Waals surface area contributed by atoms with Crippen molar-refractivity contribution in [2.45, 2.75) is 20.3 Å². The Bertz CT molecular complexity index is 1010. The number of carbonyl (C=O) groups excluding carboxylic acids is 2. The van der Waals surface area contributed by atoms with Crippen molar-refractivity contribution in [3.8, 4) is 11.4 Å². The maximum atomic E-state index is 13.0. The number of rotatable bonds is 8. The van der Waals surface area contributed by atoms with Gasteiger partial charge in [0.15, 0.2) is 5.69 Å². The van der Waals surface area contributed by atoms with E-state index in [2.05, 4.69) is 10.4 Å². The van der Waals surface area contributed by atoms with Crippen LogP contribution in [0.4, 0.5) is 5.69 Å². The van der Waals surface area contributed by atoms with Gasteiger partial charge in [-0.25, -0.2) is 4.68 Å². The van der Waals surface area contributed by atoms with Crippen LogP contribution >= 0.6 is 0 Å². The number of aromatic nitrogens is 2. The summed E-state index contributed by atoms with van der Waals surface area (Å²) in [6, 6.07) is 16.6. The maximum absolute atomic E-state index is 13.0. The summed E-state index contributed by atoms with van der Waals surface area (Å²) < 4.78 is 6.79. The zero-order valence-electron chi connectivity index (χ0n) is 17.5. The van der Waals surface area contributed by atoms with E-state index in [-0.39, 0.29) is 18.4 Å². The topological polar surface area (TPSA) is 76.5 Å². The van der Waals surface area contributed by atoms with Crippen molar-refractivity contribution in [2.75, 3.05) is 25.5 Å². The molecule has 30 heavy (non-hydrogen) atoms. The molecular formula is C23H26N4O3. The van der Waals surface area contributed by atoms with Gasteiger partial charge >= 0.3 is 0 Å². The first-order valence-electron chi connectivity index (χ1n) is 9.86. The highest BCUT2D eigenvalue weighted by Crippen LogP contribution is 2.16.